The van der Waals surface area contributed by atoms with E-state index < -0.39 is 0 Å². The molecule has 1 aliphatic carbocycles. The topological polar surface area (TPSA) is 41.1 Å². The summed E-state index contributed by atoms with van der Waals surface area (Å²) in [5, 5.41) is 5.97. The van der Waals surface area contributed by atoms with Gasteiger partial charge in [-0.15, -0.1) is 0 Å². The molecule has 1 aliphatic rings. The lowest BCUT2D eigenvalue weighted by Gasteiger charge is -2.10. The summed E-state index contributed by atoms with van der Waals surface area (Å²) >= 11 is 0. The molecular weight excluding hydrogens is 164 g/mol. The summed E-state index contributed by atoms with van der Waals surface area (Å²) in [6, 6.07) is 0. The fourth-order valence-electron chi connectivity index (χ4n) is 1.77. The molecule has 0 aromatic carbocycles. The van der Waals surface area contributed by atoms with Gasteiger partial charge in [0.15, 0.2) is 0 Å². The van der Waals surface area contributed by atoms with Gasteiger partial charge in [0.1, 0.15) is 0 Å². The van der Waals surface area contributed by atoms with E-state index in [-0.39, 0.29) is 5.91 Å². The first-order chi connectivity index (χ1) is 6.33. The molecule has 13 heavy (non-hydrogen) atoms. The highest BCUT2D eigenvalue weighted by Crippen LogP contribution is 2.23. The van der Waals surface area contributed by atoms with Crippen molar-refractivity contribution in [3.8, 4) is 0 Å². The maximum atomic E-state index is 11.2. The molecule has 0 unspecified atom stereocenters. The van der Waals surface area contributed by atoms with Crippen molar-refractivity contribution < 1.29 is 4.79 Å². The van der Waals surface area contributed by atoms with Crippen molar-refractivity contribution in [2.24, 2.45) is 5.92 Å². The summed E-state index contributed by atoms with van der Waals surface area (Å²) in [4.78, 5) is 11.2. The highest BCUT2D eigenvalue weighted by Gasteiger charge is 2.15. The third-order valence-corrected chi connectivity index (χ3v) is 2.60. The largest absolute Gasteiger partial charge is 0.355 e. The number of nitrogens with one attached hydrogen (secondary N) is 2. The lowest BCUT2D eigenvalue weighted by atomic mass is 10.1. The molecule has 0 atom stereocenters. The molecule has 0 saturated heterocycles. The Morgan fingerprint density at radius 3 is 2.69 bits per heavy atom. The van der Waals surface area contributed by atoms with E-state index in [0.717, 1.165) is 19.0 Å². The second kappa shape index (κ2) is 5.97. The number of carbonyl (C=O) groups is 1. The van der Waals surface area contributed by atoms with Crippen LogP contribution in [0.4, 0.5) is 0 Å². The van der Waals surface area contributed by atoms with Crippen LogP contribution in [0.3, 0.4) is 0 Å². The molecule has 3 heteroatoms. The molecule has 0 aromatic heterocycles. The van der Waals surface area contributed by atoms with Crippen molar-refractivity contribution in [2.75, 3.05) is 19.6 Å². The number of amides is 1. The molecule has 0 heterocycles. The zero-order chi connectivity index (χ0) is 9.52. The first-order valence-electron chi connectivity index (χ1n) is 5.30. The maximum absolute atomic E-state index is 11.2. The molecule has 1 rings (SSSR count). The van der Waals surface area contributed by atoms with E-state index >= 15 is 0 Å². The number of likely N-dealkylation sites (N-methyl/N-ethyl adjacent to an activating group) is 1. The van der Waals surface area contributed by atoms with Gasteiger partial charge >= 0.3 is 0 Å². The van der Waals surface area contributed by atoms with Gasteiger partial charge in [-0.05, 0) is 25.3 Å². The first kappa shape index (κ1) is 10.5. The number of rotatable bonds is 5. The Morgan fingerprint density at radius 1 is 1.38 bits per heavy atom. The third-order valence-electron chi connectivity index (χ3n) is 2.60. The number of hydrogen-bond donors (Lipinski definition) is 2. The molecule has 2 N–H and O–H groups in total. The van der Waals surface area contributed by atoms with E-state index in [1.807, 2.05) is 6.92 Å². The van der Waals surface area contributed by atoms with E-state index in [2.05, 4.69) is 10.6 Å². The Balaban J connectivity index is 2.00. The van der Waals surface area contributed by atoms with Crippen LogP contribution >= 0.6 is 0 Å². The molecular formula is C10H20N2O. The minimum absolute atomic E-state index is 0.133. The lowest BCUT2D eigenvalue weighted by molar-refractivity contribution is -0.120. The van der Waals surface area contributed by atoms with Crippen LogP contribution < -0.4 is 10.6 Å². The summed E-state index contributed by atoms with van der Waals surface area (Å²) in [5.41, 5.74) is 0. The van der Waals surface area contributed by atoms with Crippen LogP contribution in [0.5, 0.6) is 0 Å². The molecule has 0 bridgehead atoms. The van der Waals surface area contributed by atoms with E-state index in [4.69, 9.17) is 0 Å². The molecule has 0 aliphatic heterocycles. The van der Waals surface area contributed by atoms with E-state index in [1.54, 1.807) is 0 Å². The average molecular weight is 184 g/mol. The maximum Gasteiger partial charge on any atom is 0.233 e. The Morgan fingerprint density at radius 2 is 2.08 bits per heavy atom. The first-order valence-corrected chi connectivity index (χ1v) is 5.30. The fourth-order valence-corrected chi connectivity index (χ4v) is 1.77. The standard InChI is InChI=1S/C10H20N2O/c1-2-11-8-10(13)12-7-9-5-3-4-6-9/h9,11H,2-8H2,1H3,(H,12,13). The van der Waals surface area contributed by atoms with E-state index in [9.17, 15) is 4.79 Å². The van der Waals surface area contributed by atoms with Crippen molar-refractivity contribution in [2.45, 2.75) is 32.6 Å². The van der Waals surface area contributed by atoms with Crippen LogP contribution in [0, 0.1) is 5.92 Å². The van der Waals surface area contributed by atoms with Crippen LogP contribution in [0.1, 0.15) is 32.6 Å². The Labute approximate surface area is 80.3 Å². The number of hydrogen-bond acceptors (Lipinski definition) is 2. The molecule has 1 saturated carbocycles. The predicted molar refractivity (Wildman–Crippen MR) is 53.5 cm³/mol. The van der Waals surface area contributed by atoms with Gasteiger partial charge in [-0.25, -0.2) is 0 Å². The van der Waals surface area contributed by atoms with Crippen molar-refractivity contribution in [3.05, 3.63) is 0 Å². The molecule has 76 valence electrons. The van der Waals surface area contributed by atoms with Crippen molar-refractivity contribution in [3.63, 3.8) is 0 Å². The second-order valence-electron chi connectivity index (χ2n) is 3.73. The predicted octanol–water partition coefficient (Wildman–Crippen LogP) is 0.902. The monoisotopic (exact) mass is 184 g/mol. The van der Waals surface area contributed by atoms with Gasteiger partial charge in [0.25, 0.3) is 0 Å². The number of carbonyl (C=O) groups excluding carboxylic acids is 1. The van der Waals surface area contributed by atoms with Crippen LogP contribution in [0.25, 0.3) is 0 Å². The third kappa shape index (κ3) is 4.27. The van der Waals surface area contributed by atoms with E-state index in [0.29, 0.717) is 6.54 Å². The molecule has 0 radical (unpaired) electrons. The highest BCUT2D eigenvalue weighted by molar-refractivity contribution is 5.77. The molecule has 1 amide bonds. The molecule has 0 aromatic rings. The highest BCUT2D eigenvalue weighted by atomic mass is 16.1. The summed E-state index contributed by atoms with van der Waals surface area (Å²) in [5.74, 6) is 0.874. The van der Waals surface area contributed by atoms with Crippen LogP contribution in [0.15, 0.2) is 0 Å². The Hall–Kier alpha value is -0.570. The van der Waals surface area contributed by atoms with Crippen LogP contribution in [-0.2, 0) is 4.79 Å². The minimum atomic E-state index is 0.133. The molecule has 0 spiro atoms. The van der Waals surface area contributed by atoms with Gasteiger partial charge in [0, 0.05) is 6.54 Å². The smallest absolute Gasteiger partial charge is 0.233 e. The SMILES string of the molecule is CCNCC(=O)NCC1CCCC1. The van der Waals surface area contributed by atoms with Gasteiger partial charge in [0.2, 0.25) is 5.91 Å². The van der Waals surface area contributed by atoms with Crippen molar-refractivity contribution >= 4 is 5.91 Å². The summed E-state index contributed by atoms with van der Waals surface area (Å²) in [6.07, 6.45) is 5.27. The van der Waals surface area contributed by atoms with Crippen LogP contribution in [0.2, 0.25) is 0 Å². The average Bonchev–Trinajstić information content (AvgIpc) is 2.64. The van der Waals surface area contributed by atoms with Crippen LogP contribution in [-0.4, -0.2) is 25.5 Å². The van der Waals surface area contributed by atoms with Gasteiger partial charge < -0.3 is 10.6 Å². The van der Waals surface area contributed by atoms with Gasteiger partial charge in [-0.2, -0.15) is 0 Å². The zero-order valence-electron chi connectivity index (χ0n) is 8.44. The van der Waals surface area contributed by atoms with Gasteiger partial charge in [-0.1, -0.05) is 19.8 Å². The Bertz CT molecular complexity index is 153. The van der Waals surface area contributed by atoms with E-state index in [1.165, 1.54) is 25.7 Å². The summed E-state index contributed by atoms with van der Waals surface area (Å²) in [7, 11) is 0. The summed E-state index contributed by atoms with van der Waals surface area (Å²) < 4.78 is 0. The normalized spacial score (nSPS) is 17.6. The Kier molecular flexibility index (Phi) is 4.83. The quantitative estimate of drug-likeness (QED) is 0.666. The van der Waals surface area contributed by atoms with Gasteiger partial charge in [-0.3, -0.25) is 4.79 Å². The molecule has 1 fully saturated rings. The summed E-state index contributed by atoms with van der Waals surface area (Å²) in [6.45, 7) is 4.20. The lowest BCUT2D eigenvalue weighted by Crippen LogP contribution is -2.36. The molecule has 3 nitrogen and oxygen atoms in total. The second-order valence-corrected chi connectivity index (χ2v) is 3.73. The minimum Gasteiger partial charge on any atom is -0.355 e. The van der Waals surface area contributed by atoms with Crippen molar-refractivity contribution in [1.29, 1.82) is 0 Å². The van der Waals surface area contributed by atoms with Crippen molar-refractivity contribution in [1.82, 2.24) is 10.6 Å². The van der Waals surface area contributed by atoms with Gasteiger partial charge in [0.05, 0.1) is 6.54 Å². The zero-order valence-corrected chi connectivity index (χ0v) is 8.44. The fraction of sp³-hybridized carbons (Fsp3) is 0.900.